The number of hydrogen-bond donors (Lipinski definition) is 2. The van der Waals surface area contributed by atoms with E-state index in [-0.39, 0.29) is 5.54 Å². The van der Waals surface area contributed by atoms with Gasteiger partial charge in [-0.2, -0.15) is 0 Å². The number of rotatable bonds is 6. The van der Waals surface area contributed by atoms with Crippen LogP contribution in [0, 0.1) is 6.92 Å². The molecule has 2 rings (SSSR count). The normalized spacial score (nSPS) is 15.4. The van der Waals surface area contributed by atoms with Gasteiger partial charge < -0.3 is 15.4 Å². The highest BCUT2D eigenvalue weighted by atomic mass is 16.5. The third-order valence-electron chi connectivity index (χ3n) is 3.30. The second kappa shape index (κ2) is 5.33. The largest absolute Gasteiger partial charge is 0.382 e. The van der Waals surface area contributed by atoms with E-state index in [1.54, 1.807) is 7.11 Å². The van der Waals surface area contributed by atoms with Crippen molar-refractivity contribution in [3.63, 3.8) is 0 Å². The van der Waals surface area contributed by atoms with E-state index in [1.165, 1.54) is 12.8 Å². The van der Waals surface area contributed by atoms with E-state index in [2.05, 4.69) is 29.5 Å². The Bertz CT molecular complexity index is 455. The zero-order valence-corrected chi connectivity index (χ0v) is 12.5. The van der Waals surface area contributed by atoms with Crippen molar-refractivity contribution in [2.24, 2.45) is 0 Å². The molecule has 1 aliphatic carbocycles. The van der Waals surface area contributed by atoms with Gasteiger partial charge in [-0.15, -0.1) is 0 Å². The SMILES string of the molecule is CNc1nc(C2CC2)nc(NC(C)(C)COC)c1C. The summed E-state index contributed by atoms with van der Waals surface area (Å²) in [7, 11) is 3.61. The van der Waals surface area contributed by atoms with E-state index in [1.807, 2.05) is 14.0 Å². The van der Waals surface area contributed by atoms with Gasteiger partial charge in [-0.1, -0.05) is 0 Å². The summed E-state index contributed by atoms with van der Waals surface area (Å²) in [6.07, 6.45) is 2.40. The molecule has 2 N–H and O–H groups in total. The quantitative estimate of drug-likeness (QED) is 0.827. The monoisotopic (exact) mass is 264 g/mol. The Morgan fingerprint density at radius 2 is 1.89 bits per heavy atom. The van der Waals surface area contributed by atoms with Crippen molar-refractivity contribution in [2.45, 2.75) is 45.1 Å². The lowest BCUT2D eigenvalue weighted by Crippen LogP contribution is -2.36. The van der Waals surface area contributed by atoms with Crippen molar-refractivity contribution in [3.05, 3.63) is 11.4 Å². The van der Waals surface area contributed by atoms with Crippen molar-refractivity contribution >= 4 is 11.6 Å². The zero-order valence-electron chi connectivity index (χ0n) is 12.5. The molecule has 1 fully saturated rings. The molecule has 1 aromatic rings. The second-order valence-corrected chi connectivity index (χ2v) is 5.87. The summed E-state index contributed by atoms with van der Waals surface area (Å²) in [6, 6.07) is 0. The van der Waals surface area contributed by atoms with Gasteiger partial charge in [-0.3, -0.25) is 0 Å². The van der Waals surface area contributed by atoms with Crippen molar-refractivity contribution in [2.75, 3.05) is 31.4 Å². The van der Waals surface area contributed by atoms with Crippen molar-refractivity contribution in [1.82, 2.24) is 9.97 Å². The fourth-order valence-electron chi connectivity index (χ4n) is 2.14. The fraction of sp³-hybridized carbons (Fsp3) is 0.714. The molecule has 1 aromatic heterocycles. The first-order valence-corrected chi connectivity index (χ1v) is 6.80. The maximum Gasteiger partial charge on any atom is 0.136 e. The lowest BCUT2D eigenvalue weighted by atomic mass is 10.1. The summed E-state index contributed by atoms with van der Waals surface area (Å²) in [5.41, 5.74) is 0.899. The molecule has 0 unspecified atom stereocenters. The topological polar surface area (TPSA) is 59.1 Å². The molecule has 0 aromatic carbocycles. The minimum absolute atomic E-state index is 0.153. The first kappa shape index (κ1) is 14.1. The molecular weight excluding hydrogens is 240 g/mol. The standard InChI is InChI=1S/C14H24N4O/c1-9-11(15-4)16-13(10-6-7-10)17-12(9)18-14(2,3)8-19-5/h10H,6-8H2,1-5H3,(H2,15,16,17,18). The highest BCUT2D eigenvalue weighted by molar-refractivity contribution is 5.58. The second-order valence-electron chi connectivity index (χ2n) is 5.87. The predicted octanol–water partition coefficient (Wildman–Crippen LogP) is 2.54. The summed E-state index contributed by atoms with van der Waals surface area (Å²) in [6.45, 7) is 6.87. The van der Waals surface area contributed by atoms with Crippen LogP contribution >= 0.6 is 0 Å². The van der Waals surface area contributed by atoms with Gasteiger partial charge in [0.2, 0.25) is 0 Å². The maximum atomic E-state index is 5.24. The van der Waals surface area contributed by atoms with Crippen LogP contribution < -0.4 is 10.6 Å². The Morgan fingerprint density at radius 3 is 2.42 bits per heavy atom. The van der Waals surface area contributed by atoms with Crippen LogP contribution in [0.15, 0.2) is 0 Å². The molecule has 0 spiro atoms. The van der Waals surface area contributed by atoms with E-state index < -0.39 is 0 Å². The van der Waals surface area contributed by atoms with Gasteiger partial charge in [0, 0.05) is 25.6 Å². The molecule has 0 bridgehead atoms. The molecule has 0 aliphatic heterocycles. The van der Waals surface area contributed by atoms with Crippen LogP contribution in [0.3, 0.4) is 0 Å². The number of methoxy groups -OCH3 is 1. The van der Waals surface area contributed by atoms with Gasteiger partial charge in [0.15, 0.2) is 0 Å². The first-order valence-electron chi connectivity index (χ1n) is 6.80. The zero-order chi connectivity index (χ0) is 14.0. The lowest BCUT2D eigenvalue weighted by Gasteiger charge is -2.27. The molecule has 19 heavy (non-hydrogen) atoms. The Labute approximate surface area is 115 Å². The fourth-order valence-corrected chi connectivity index (χ4v) is 2.14. The molecule has 106 valence electrons. The van der Waals surface area contributed by atoms with Gasteiger partial charge in [0.05, 0.1) is 12.1 Å². The highest BCUT2D eigenvalue weighted by Crippen LogP contribution is 2.39. The molecule has 1 heterocycles. The van der Waals surface area contributed by atoms with Gasteiger partial charge in [-0.05, 0) is 33.6 Å². The van der Waals surface area contributed by atoms with E-state index in [0.29, 0.717) is 12.5 Å². The van der Waals surface area contributed by atoms with E-state index in [0.717, 1.165) is 23.0 Å². The number of ether oxygens (including phenoxy) is 1. The van der Waals surface area contributed by atoms with E-state index in [9.17, 15) is 0 Å². The van der Waals surface area contributed by atoms with Gasteiger partial charge in [0.25, 0.3) is 0 Å². The predicted molar refractivity (Wildman–Crippen MR) is 77.9 cm³/mol. The van der Waals surface area contributed by atoms with Crippen LogP contribution in [-0.2, 0) is 4.74 Å². The van der Waals surface area contributed by atoms with Crippen LogP contribution in [0.1, 0.15) is 44.0 Å². The molecule has 1 aliphatic rings. The molecule has 0 atom stereocenters. The summed E-state index contributed by atoms with van der Waals surface area (Å²) in [4.78, 5) is 9.29. The number of hydrogen-bond acceptors (Lipinski definition) is 5. The van der Waals surface area contributed by atoms with E-state index >= 15 is 0 Å². The average molecular weight is 264 g/mol. The van der Waals surface area contributed by atoms with Crippen molar-refractivity contribution < 1.29 is 4.74 Å². The number of nitrogens with one attached hydrogen (secondary N) is 2. The van der Waals surface area contributed by atoms with Crippen LogP contribution in [0.5, 0.6) is 0 Å². The van der Waals surface area contributed by atoms with Crippen molar-refractivity contribution in [1.29, 1.82) is 0 Å². The Hall–Kier alpha value is -1.36. The molecule has 0 saturated heterocycles. The molecule has 0 amide bonds. The highest BCUT2D eigenvalue weighted by Gasteiger charge is 2.29. The summed E-state index contributed by atoms with van der Waals surface area (Å²) in [5.74, 6) is 3.31. The number of nitrogens with zero attached hydrogens (tertiary/aromatic N) is 2. The summed E-state index contributed by atoms with van der Waals surface area (Å²) >= 11 is 0. The van der Waals surface area contributed by atoms with Crippen molar-refractivity contribution in [3.8, 4) is 0 Å². The lowest BCUT2D eigenvalue weighted by molar-refractivity contribution is 0.158. The Kier molecular flexibility index (Phi) is 3.94. The molecule has 1 saturated carbocycles. The minimum atomic E-state index is -0.153. The van der Waals surface area contributed by atoms with Crippen LogP contribution in [0.2, 0.25) is 0 Å². The Balaban J connectivity index is 2.29. The third-order valence-corrected chi connectivity index (χ3v) is 3.30. The molecular formula is C14H24N4O. The number of anilines is 2. The maximum absolute atomic E-state index is 5.24. The first-order chi connectivity index (χ1) is 8.96. The average Bonchev–Trinajstić information content (AvgIpc) is 3.15. The molecule has 5 nitrogen and oxygen atoms in total. The summed E-state index contributed by atoms with van der Waals surface area (Å²) in [5, 5.41) is 6.62. The van der Waals surface area contributed by atoms with Crippen LogP contribution in [0.25, 0.3) is 0 Å². The minimum Gasteiger partial charge on any atom is -0.382 e. The third kappa shape index (κ3) is 3.35. The smallest absolute Gasteiger partial charge is 0.136 e. The molecule has 5 heteroatoms. The van der Waals surface area contributed by atoms with Crippen LogP contribution in [0.4, 0.5) is 11.6 Å². The van der Waals surface area contributed by atoms with Gasteiger partial charge in [-0.25, -0.2) is 9.97 Å². The summed E-state index contributed by atoms with van der Waals surface area (Å²) < 4.78 is 5.24. The van der Waals surface area contributed by atoms with Gasteiger partial charge >= 0.3 is 0 Å². The van der Waals surface area contributed by atoms with E-state index in [4.69, 9.17) is 9.72 Å². The number of aromatic nitrogens is 2. The van der Waals surface area contributed by atoms with Gasteiger partial charge in [0.1, 0.15) is 17.5 Å². The van der Waals surface area contributed by atoms with Crippen LogP contribution in [-0.4, -0.2) is 36.3 Å². The molecule has 0 radical (unpaired) electrons. The Morgan fingerprint density at radius 1 is 1.26 bits per heavy atom.